The van der Waals surface area contributed by atoms with Crippen LogP contribution in [0.2, 0.25) is 0 Å². The highest BCUT2D eigenvalue weighted by atomic mass is 16.5. The fourth-order valence-corrected chi connectivity index (χ4v) is 4.25. The second kappa shape index (κ2) is 6.60. The first kappa shape index (κ1) is 16.3. The van der Waals surface area contributed by atoms with Crippen LogP contribution in [0.25, 0.3) is 0 Å². The van der Waals surface area contributed by atoms with Crippen LogP contribution in [-0.2, 0) is 6.54 Å². The largest absolute Gasteiger partial charge is 0.496 e. The van der Waals surface area contributed by atoms with Gasteiger partial charge in [0, 0.05) is 42.6 Å². The van der Waals surface area contributed by atoms with E-state index in [1.54, 1.807) is 14.2 Å². The molecule has 0 amide bonds. The molecule has 4 rings (SSSR count). The van der Waals surface area contributed by atoms with Crippen LogP contribution in [0, 0.1) is 12.8 Å². The molecule has 2 heterocycles. The summed E-state index contributed by atoms with van der Waals surface area (Å²) in [7, 11) is 3.42. The van der Waals surface area contributed by atoms with Crippen molar-refractivity contribution >= 4 is 0 Å². The average molecular weight is 339 g/mol. The highest BCUT2D eigenvalue weighted by Crippen LogP contribution is 2.49. The molecule has 2 aliphatic heterocycles. The molecule has 0 bridgehead atoms. The standard InChI is InChI=1S/C21H25NO3/c1-14-19(23-2)9-17-18-12-22(10-15-7-5-4-6-8-15)11-16(18)13-25-21(17)20(14)24-3/h4-9,16,18H,10-13H2,1-3H3/t16-,18-/m0/s1. The normalized spacial score (nSPS) is 22.0. The predicted octanol–water partition coefficient (Wildman–Crippen LogP) is 3.62. The minimum absolute atomic E-state index is 0.468. The molecule has 4 nitrogen and oxygen atoms in total. The van der Waals surface area contributed by atoms with Gasteiger partial charge in [0.1, 0.15) is 5.75 Å². The van der Waals surface area contributed by atoms with Gasteiger partial charge in [0.2, 0.25) is 0 Å². The quantitative estimate of drug-likeness (QED) is 0.851. The number of benzene rings is 2. The first-order valence-corrected chi connectivity index (χ1v) is 8.85. The Balaban J connectivity index is 1.63. The van der Waals surface area contributed by atoms with E-state index in [0.29, 0.717) is 11.8 Å². The number of fused-ring (bicyclic) bond motifs is 3. The second-order valence-electron chi connectivity index (χ2n) is 7.01. The Morgan fingerprint density at radius 1 is 1.12 bits per heavy atom. The molecular formula is C21H25NO3. The van der Waals surface area contributed by atoms with Gasteiger partial charge in [-0.1, -0.05) is 30.3 Å². The maximum Gasteiger partial charge on any atom is 0.167 e. The van der Waals surface area contributed by atoms with E-state index in [9.17, 15) is 0 Å². The van der Waals surface area contributed by atoms with Crippen molar-refractivity contribution in [1.29, 1.82) is 0 Å². The molecule has 2 aliphatic rings. The molecule has 1 saturated heterocycles. The zero-order valence-corrected chi connectivity index (χ0v) is 15.1. The van der Waals surface area contributed by atoms with E-state index in [1.807, 2.05) is 6.92 Å². The molecule has 2 aromatic carbocycles. The summed E-state index contributed by atoms with van der Waals surface area (Å²) in [6, 6.07) is 12.8. The molecule has 0 spiro atoms. The van der Waals surface area contributed by atoms with Crippen LogP contribution >= 0.6 is 0 Å². The summed E-state index contributed by atoms with van der Waals surface area (Å²) >= 11 is 0. The van der Waals surface area contributed by atoms with Gasteiger partial charge in [-0.25, -0.2) is 0 Å². The van der Waals surface area contributed by atoms with Gasteiger partial charge in [-0.05, 0) is 18.6 Å². The molecule has 132 valence electrons. The number of likely N-dealkylation sites (tertiary alicyclic amines) is 1. The average Bonchev–Trinajstić information content (AvgIpc) is 3.04. The number of nitrogens with zero attached hydrogens (tertiary/aromatic N) is 1. The van der Waals surface area contributed by atoms with Crippen molar-refractivity contribution in [3.05, 3.63) is 53.1 Å². The first-order valence-electron chi connectivity index (χ1n) is 8.85. The number of ether oxygens (including phenoxy) is 3. The Kier molecular flexibility index (Phi) is 4.30. The van der Waals surface area contributed by atoms with E-state index in [-0.39, 0.29) is 0 Å². The Morgan fingerprint density at radius 2 is 1.92 bits per heavy atom. The molecule has 0 N–H and O–H groups in total. The maximum absolute atomic E-state index is 6.13. The molecule has 0 saturated carbocycles. The van der Waals surface area contributed by atoms with Gasteiger partial charge in [0.15, 0.2) is 11.5 Å². The molecule has 2 atom stereocenters. The van der Waals surface area contributed by atoms with Crippen molar-refractivity contribution in [2.45, 2.75) is 19.4 Å². The van der Waals surface area contributed by atoms with Crippen LogP contribution in [0.5, 0.6) is 17.2 Å². The Morgan fingerprint density at radius 3 is 2.64 bits per heavy atom. The molecule has 0 aliphatic carbocycles. The van der Waals surface area contributed by atoms with Gasteiger partial charge >= 0.3 is 0 Å². The lowest BCUT2D eigenvalue weighted by Gasteiger charge is -2.30. The van der Waals surface area contributed by atoms with Crippen LogP contribution in [0.3, 0.4) is 0 Å². The monoisotopic (exact) mass is 339 g/mol. The van der Waals surface area contributed by atoms with Gasteiger partial charge in [0.25, 0.3) is 0 Å². The molecular weight excluding hydrogens is 314 g/mol. The third kappa shape index (κ3) is 2.85. The molecule has 0 unspecified atom stereocenters. The lowest BCUT2D eigenvalue weighted by atomic mass is 9.86. The Labute approximate surface area is 149 Å². The molecule has 0 radical (unpaired) electrons. The zero-order valence-electron chi connectivity index (χ0n) is 15.1. The van der Waals surface area contributed by atoms with Crippen LogP contribution in [-0.4, -0.2) is 38.8 Å². The Bertz CT molecular complexity index is 759. The SMILES string of the molecule is COc1cc2c(c(OC)c1C)OC[C@@H]1CN(Cc3ccccc3)C[C@H]21. The zero-order chi connectivity index (χ0) is 17.4. The number of hydrogen-bond donors (Lipinski definition) is 0. The fourth-order valence-electron chi connectivity index (χ4n) is 4.25. The second-order valence-corrected chi connectivity index (χ2v) is 7.01. The summed E-state index contributed by atoms with van der Waals surface area (Å²) in [6.45, 7) is 5.88. The van der Waals surface area contributed by atoms with Crippen molar-refractivity contribution < 1.29 is 14.2 Å². The summed E-state index contributed by atoms with van der Waals surface area (Å²) in [5, 5.41) is 0. The number of methoxy groups -OCH3 is 2. The third-order valence-electron chi connectivity index (χ3n) is 5.50. The predicted molar refractivity (Wildman–Crippen MR) is 97.7 cm³/mol. The van der Waals surface area contributed by atoms with Gasteiger partial charge < -0.3 is 14.2 Å². The molecule has 0 aromatic heterocycles. The summed E-state index contributed by atoms with van der Waals surface area (Å²) in [4.78, 5) is 2.53. The van der Waals surface area contributed by atoms with Crippen molar-refractivity contribution in [3.8, 4) is 17.2 Å². The topological polar surface area (TPSA) is 30.9 Å². The Hall–Kier alpha value is -2.20. The first-order chi connectivity index (χ1) is 12.2. The summed E-state index contributed by atoms with van der Waals surface area (Å²) < 4.78 is 17.3. The van der Waals surface area contributed by atoms with Crippen molar-refractivity contribution in [1.82, 2.24) is 4.90 Å². The smallest absolute Gasteiger partial charge is 0.167 e. The van der Waals surface area contributed by atoms with E-state index in [4.69, 9.17) is 14.2 Å². The van der Waals surface area contributed by atoms with E-state index in [0.717, 1.165) is 49.1 Å². The van der Waals surface area contributed by atoms with Crippen LogP contribution in [0.4, 0.5) is 0 Å². The van der Waals surface area contributed by atoms with Crippen LogP contribution in [0.1, 0.15) is 22.6 Å². The lowest BCUT2D eigenvalue weighted by Crippen LogP contribution is -2.25. The minimum atomic E-state index is 0.468. The number of hydrogen-bond acceptors (Lipinski definition) is 4. The molecule has 1 fully saturated rings. The van der Waals surface area contributed by atoms with Gasteiger partial charge in [0.05, 0.1) is 20.8 Å². The van der Waals surface area contributed by atoms with Crippen LogP contribution in [0.15, 0.2) is 36.4 Å². The van der Waals surface area contributed by atoms with Gasteiger partial charge in [-0.15, -0.1) is 0 Å². The van der Waals surface area contributed by atoms with Gasteiger partial charge in [-0.3, -0.25) is 4.90 Å². The molecule has 4 heteroatoms. The van der Waals surface area contributed by atoms with E-state index in [1.165, 1.54) is 11.1 Å². The van der Waals surface area contributed by atoms with Crippen LogP contribution < -0.4 is 14.2 Å². The van der Waals surface area contributed by atoms with Gasteiger partial charge in [-0.2, -0.15) is 0 Å². The van der Waals surface area contributed by atoms with E-state index >= 15 is 0 Å². The lowest BCUT2D eigenvalue weighted by molar-refractivity contribution is 0.202. The molecule has 25 heavy (non-hydrogen) atoms. The highest BCUT2D eigenvalue weighted by Gasteiger charge is 2.40. The maximum atomic E-state index is 6.13. The molecule has 2 aromatic rings. The van der Waals surface area contributed by atoms with Crippen molar-refractivity contribution in [2.24, 2.45) is 5.92 Å². The highest BCUT2D eigenvalue weighted by molar-refractivity contribution is 5.60. The van der Waals surface area contributed by atoms with Crippen molar-refractivity contribution in [3.63, 3.8) is 0 Å². The van der Waals surface area contributed by atoms with E-state index in [2.05, 4.69) is 41.3 Å². The number of rotatable bonds is 4. The fraction of sp³-hybridized carbons (Fsp3) is 0.429. The van der Waals surface area contributed by atoms with E-state index < -0.39 is 0 Å². The summed E-state index contributed by atoms with van der Waals surface area (Å²) in [6.07, 6.45) is 0. The summed E-state index contributed by atoms with van der Waals surface area (Å²) in [5.74, 6) is 3.59. The van der Waals surface area contributed by atoms with Crippen molar-refractivity contribution in [2.75, 3.05) is 33.9 Å². The minimum Gasteiger partial charge on any atom is -0.496 e. The summed E-state index contributed by atoms with van der Waals surface area (Å²) in [5.41, 5.74) is 3.59. The third-order valence-corrected chi connectivity index (χ3v) is 5.50.